The van der Waals surface area contributed by atoms with Gasteiger partial charge in [-0.3, -0.25) is 0 Å². The molecule has 0 spiro atoms. The molecule has 0 bridgehead atoms. The van der Waals surface area contributed by atoms with Gasteiger partial charge in [-0.2, -0.15) is 0 Å². The predicted octanol–water partition coefficient (Wildman–Crippen LogP) is 17.9. The second kappa shape index (κ2) is 19.2. The van der Waals surface area contributed by atoms with Crippen molar-refractivity contribution in [3.8, 4) is 11.1 Å². The first-order chi connectivity index (χ1) is 32.1. The molecule has 0 fully saturated rings. The Morgan fingerprint density at radius 1 is 0.424 bits per heavy atom. The summed E-state index contributed by atoms with van der Waals surface area (Å²) in [5.74, 6) is 0. The maximum atomic E-state index is 2.43. The van der Waals surface area contributed by atoms with E-state index in [4.69, 9.17) is 0 Å². The van der Waals surface area contributed by atoms with Gasteiger partial charge in [0.05, 0.1) is 5.69 Å². The van der Waals surface area contributed by atoms with Crippen LogP contribution < -0.4 is 4.90 Å². The highest BCUT2D eigenvalue weighted by atomic mass is 15.1. The molecule has 1 heteroatoms. The summed E-state index contributed by atoms with van der Waals surface area (Å²) >= 11 is 0. The van der Waals surface area contributed by atoms with Gasteiger partial charge in [0, 0.05) is 16.8 Å². The number of nitrogens with zero attached hydrogens (tertiary/aromatic N) is 1. The van der Waals surface area contributed by atoms with E-state index >= 15 is 0 Å². The van der Waals surface area contributed by atoms with Gasteiger partial charge >= 0.3 is 0 Å². The maximum Gasteiger partial charge on any atom is 0.0540 e. The molecule has 9 rings (SSSR count). The van der Waals surface area contributed by atoms with E-state index in [0.717, 1.165) is 22.6 Å². The molecule has 9 aromatic carbocycles. The summed E-state index contributed by atoms with van der Waals surface area (Å²) in [6.45, 7) is 13.4. The largest absolute Gasteiger partial charge is 0.310 e. The van der Waals surface area contributed by atoms with Gasteiger partial charge in [0.25, 0.3) is 0 Å². The third-order valence-electron chi connectivity index (χ3n) is 12.5. The van der Waals surface area contributed by atoms with E-state index in [2.05, 4.69) is 283 Å². The Morgan fingerprint density at radius 3 is 1.59 bits per heavy atom. The zero-order valence-electron chi connectivity index (χ0n) is 39.0. The van der Waals surface area contributed by atoms with Gasteiger partial charge in [0.2, 0.25) is 0 Å². The second-order valence-electron chi connectivity index (χ2n) is 18.5. The van der Waals surface area contributed by atoms with Gasteiger partial charge in [0.15, 0.2) is 0 Å². The zero-order valence-corrected chi connectivity index (χ0v) is 39.0. The third-order valence-corrected chi connectivity index (χ3v) is 12.5. The van der Waals surface area contributed by atoms with Crippen molar-refractivity contribution in [2.75, 3.05) is 4.90 Å². The summed E-state index contributed by atoms with van der Waals surface area (Å²) in [5.41, 5.74) is 20.2. The Hall–Kier alpha value is -7.74. The molecular formula is C65H57N. The fourth-order valence-electron chi connectivity index (χ4n) is 8.76. The van der Waals surface area contributed by atoms with Crippen LogP contribution in [0.15, 0.2) is 224 Å². The number of anilines is 3. The number of aryl methyl sites for hydroxylation is 3. The summed E-state index contributed by atoms with van der Waals surface area (Å²) in [6.07, 6.45) is 8.98. The van der Waals surface area contributed by atoms with Crippen molar-refractivity contribution < 1.29 is 0 Å². The van der Waals surface area contributed by atoms with Gasteiger partial charge in [-0.1, -0.05) is 232 Å². The molecule has 0 amide bonds. The average Bonchev–Trinajstić information content (AvgIpc) is 3.34. The molecule has 0 saturated heterocycles. The van der Waals surface area contributed by atoms with Crippen molar-refractivity contribution >= 4 is 51.1 Å². The molecular weight excluding hydrogens is 795 g/mol. The van der Waals surface area contributed by atoms with Crippen LogP contribution in [0.5, 0.6) is 0 Å². The third kappa shape index (κ3) is 9.82. The van der Waals surface area contributed by atoms with Gasteiger partial charge in [-0.25, -0.2) is 0 Å². The summed E-state index contributed by atoms with van der Waals surface area (Å²) in [7, 11) is 0. The fourth-order valence-corrected chi connectivity index (χ4v) is 8.76. The molecule has 1 nitrogen and oxygen atoms in total. The van der Waals surface area contributed by atoms with Crippen LogP contribution in [0, 0.1) is 20.8 Å². The van der Waals surface area contributed by atoms with Crippen LogP contribution in [-0.4, -0.2) is 0 Å². The van der Waals surface area contributed by atoms with E-state index in [0.29, 0.717) is 0 Å². The van der Waals surface area contributed by atoms with Gasteiger partial charge < -0.3 is 4.90 Å². The predicted molar refractivity (Wildman–Crippen MR) is 286 cm³/mol. The van der Waals surface area contributed by atoms with Crippen LogP contribution in [0.2, 0.25) is 0 Å². The fraction of sp³-hybridized carbons (Fsp3) is 0.108. The summed E-state index contributed by atoms with van der Waals surface area (Å²) < 4.78 is 0. The smallest absolute Gasteiger partial charge is 0.0540 e. The van der Waals surface area contributed by atoms with Crippen LogP contribution >= 0.6 is 0 Å². The Labute approximate surface area is 392 Å². The van der Waals surface area contributed by atoms with E-state index in [1.807, 2.05) is 0 Å². The summed E-state index contributed by atoms with van der Waals surface area (Å²) in [4.78, 5) is 2.43. The first-order valence-corrected chi connectivity index (χ1v) is 23.1. The van der Waals surface area contributed by atoms with E-state index < -0.39 is 0 Å². The Morgan fingerprint density at radius 2 is 1.00 bits per heavy atom. The first kappa shape index (κ1) is 43.5. The SMILES string of the molecule is Cc1ccc(C(=Cc2ccc(N(c3ccc(C=CC=C(c4ccccc4)c4ccccc4)cc3)c3cccc(-c4cccc(C)c4)c3)c3ccc(C(C)(C)C)cc23)c2ccc(C)cc2)cc1. The topological polar surface area (TPSA) is 3.24 Å². The number of benzene rings is 9. The Kier molecular flexibility index (Phi) is 12.6. The molecule has 0 aliphatic rings. The molecule has 0 atom stereocenters. The van der Waals surface area contributed by atoms with Crippen molar-refractivity contribution in [1.82, 2.24) is 0 Å². The minimum atomic E-state index is -0.0365. The van der Waals surface area contributed by atoms with E-state index in [1.165, 1.54) is 83.1 Å². The lowest BCUT2D eigenvalue weighted by molar-refractivity contribution is 0.591. The summed E-state index contributed by atoms with van der Waals surface area (Å²) in [6, 6.07) is 77.5. The van der Waals surface area contributed by atoms with E-state index in [-0.39, 0.29) is 5.41 Å². The number of hydrogen-bond acceptors (Lipinski definition) is 1. The number of hydrogen-bond donors (Lipinski definition) is 0. The molecule has 0 aliphatic heterocycles. The molecule has 0 unspecified atom stereocenters. The maximum absolute atomic E-state index is 2.43. The zero-order chi connectivity index (χ0) is 45.6. The van der Waals surface area contributed by atoms with Crippen molar-refractivity contribution in [2.45, 2.75) is 47.0 Å². The van der Waals surface area contributed by atoms with Crippen molar-refractivity contribution in [2.24, 2.45) is 0 Å². The average molecular weight is 852 g/mol. The molecule has 0 radical (unpaired) electrons. The second-order valence-corrected chi connectivity index (χ2v) is 18.5. The molecule has 66 heavy (non-hydrogen) atoms. The molecule has 322 valence electrons. The lowest BCUT2D eigenvalue weighted by Crippen LogP contribution is -2.12. The lowest BCUT2D eigenvalue weighted by Gasteiger charge is -2.29. The minimum Gasteiger partial charge on any atom is -0.310 e. The summed E-state index contributed by atoms with van der Waals surface area (Å²) in [5, 5.41) is 2.41. The molecule has 9 aromatic rings. The molecule has 0 N–H and O–H groups in total. The Balaban J connectivity index is 1.20. The number of rotatable bonds is 11. The van der Waals surface area contributed by atoms with Gasteiger partial charge in [-0.15, -0.1) is 0 Å². The normalized spacial score (nSPS) is 11.4. The van der Waals surface area contributed by atoms with Crippen molar-refractivity contribution in [3.63, 3.8) is 0 Å². The molecule has 0 aliphatic carbocycles. The van der Waals surface area contributed by atoms with Crippen molar-refractivity contribution in [3.05, 3.63) is 280 Å². The van der Waals surface area contributed by atoms with Crippen LogP contribution in [0.1, 0.15) is 76.4 Å². The highest BCUT2D eigenvalue weighted by Gasteiger charge is 2.21. The number of fused-ring (bicyclic) bond motifs is 1. The monoisotopic (exact) mass is 851 g/mol. The quantitative estimate of drug-likeness (QED) is 0.0926. The highest BCUT2D eigenvalue weighted by Crippen LogP contribution is 2.43. The van der Waals surface area contributed by atoms with Crippen LogP contribution in [0.3, 0.4) is 0 Å². The van der Waals surface area contributed by atoms with Crippen LogP contribution in [0.4, 0.5) is 17.1 Å². The van der Waals surface area contributed by atoms with E-state index in [1.54, 1.807) is 0 Å². The highest BCUT2D eigenvalue weighted by molar-refractivity contribution is 6.06. The molecule has 0 saturated carbocycles. The Bertz CT molecular complexity index is 3110. The molecule has 0 heterocycles. The van der Waals surface area contributed by atoms with Crippen molar-refractivity contribution in [1.29, 1.82) is 0 Å². The first-order valence-electron chi connectivity index (χ1n) is 23.1. The van der Waals surface area contributed by atoms with Gasteiger partial charge in [0.1, 0.15) is 0 Å². The standard InChI is InChI=1S/C65H57N/c1-46-26-32-52(33-27-46)62(53-34-28-47(2)29-35-53)44-56-36-41-64(61-40-37-57(45-63(56)61)65(4,5)6)66(59-24-15-23-55(43-59)54-22-13-16-48(3)42-54)58-38-30-49(31-39-58)17-14-25-60(50-18-9-7-10-19-50)51-20-11-8-12-21-51/h7-45H,1-6H3. The number of allylic oxidation sites excluding steroid dienone is 2. The van der Waals surface area contributed by atoms with E-state index in [9.17, 15) is 0 Å². The van der Waals surface area contributed by atoms with Gasteiger partial charge in [-0.05, 0) is 135 Å². The lowest BCUT2D eigenvalue weighted by atomic mass is 9.84. The molecule has 0 aromatic heterocycles. The van der Waals surface area contributed by atoms with Crippen LogP contribution in [0.25, 0.3) is 45.2 Å². The minimum absolute atomic E-state index is 0.0365. The van der Waals surface area contributed by atoms with Crippen LogP contribution in [-0.2, 0) is 5.41 Å².